The molecule has 4 aliphatic rings. The molecular weight excluding hydrogens is 140 g/mol. The number of hydrogen-bond donors (Lipinski definition) is 0. The highest BCUT2D eigenvalue weighted by Gasteiger charge is 2.42. The predicted molar refractivity (Wildman–Crippen MR) is 39.9 cm³/mol. The summed E-state index contributed by atoms with van der Waals surface area (Å²) in [6, 6.07) is 0. The third-order valence-electron chi connectivity index (χ3n) is 2.71. The standard InChI is InChI=1S/C9H10O2/c1-2-7-4-3-6(1)8-9(7)11-5-10-8/h1-4,6-9H,5H2/t6?,7?,8-,9+. The van der Waals surface area contributed by atoms with Gasteiger partial charge in [-0.1, -0.05) is 24.3 Å². The lowest BCUT2D eigenvalue weighted by Crippen LogP contribution is -2.40. The molecule has 1 saturated heterocycles. The van der Waals surface area contributed by atoms with E-state index in [1.807, 2.05) is 0 Å². The highest BCUT2D eigenvalue weighted by molar-refractivity contribution is 5.24. The van der Waals surface area contributed by atoms with E-state index in [0.29, 0.717) is 30.8 Å². The van der Waals surface area contributed by atoms with Crippen LogP contribution in [0.4, 0.5) is 0 Å². The zero-order valence-electron chi connectivity index (χ0n) is 6.14. The molecular formula is C9H10O2. The topological polar surface area (TPSA) is 18.5 Å². The van der Waals surface area contributed by atoms with Gasteiger partial charge in [0.05, 0.1) is 12.2 Å². The molecule has 0 amide bonds. The zero-order valence-corrected chi connectivity index (χ0v) is 6.14. The first-order chi connectivity index (χ1) is 5.45. The Balaban J connectivity index is 2.03. The van der Waals surface area contributed by atoms with E-state index in [4.69, 9.17) is 9.47 Å². The Hall–Kier alpha value is -0.600. The van der Waals surface area contributed by atoms with Gasteiger partial charge in [-0.15, -0.1) is 0 Å². The van der Waals surface area contributed by atoms with Gasteiger partial charge in [-0.25, -0.2) is 0 Å². The summed E-state index contributed by atoms with van der Waals surface area (Å²) in [5.41, 5.74) is 0. The number of ether oxygens (including phenoxy) is 2. The largest absolute Gasteiger partial charge is 0.348 e. The van der Waals surface area contributed by atoms with Gasteiger partial charge in [0.1, 0.15) is 6.79 Å². The van der Waals surface area contributed by atoms with Gasteiger partial charge >= 0.3 is 0 Å². The summed E-state index contributed by atoms with van der Waals surface area (Å²) in [5.74, 6) is 0.931. The summed E-state index contributed by atoms with van der Waals surface area (Å²) in [7, 11) is 0. The molecule has 2 heteroatoms. The average molecular weight is 150 g/mol. The highest BCUT2D eigenvalue weighted by Crippen LogP contribution is 2.37. The van der Waals surface area contributed by atoms with Gasteiger partial charge in [0.2, 0.25) is 0 Å². The maximum atomic E-state index is 5.47. The first-order valence-electron chi connectivity index (χ1n) is 4.05. The molecule has 2 atom stereocenters. The van der Waals surface area contributed by atoms with Gasteiger partial charge in [0, 0.05) is 11.8 Å². The highest BCUT2D eigenvalue weighted by atomic mass is 16.7. The molecule has 11 heavy (non-hydrogen) atoms. The van der Waals surface area contributed by atoms with Crippen molar-refractivity contribution in [2.45, 2.75) is 12.2 Å². The van der Waals surface area contributed by atoms with Gasteiger partial charge in [0.15, 0.2) is 0 Å². The minimum Gasteiger partial charge on any atom is -0.348 e. The first-order valence-corrected chi connectivity index (χ1v) is 4.05. The molecule has 0 unspecified atom stereocenters. The molecule has 1 heterocycles. The molecule has 0 N–H and O–H groups in total. The van der Waals surface area contributed by atoms with Crippen molar-refractivity contribution in [1.82, 2.24) is 0 Å². The normalized spacial score (nSPS) is 51.6. The van der Waals surface area contributed by atoms with Crippen LogP contribution in [0.3, 0.4) is 0 Å². The fourth-order valence-corrected chi connectivity index (χ4v) is 2.13. The maximum absolute atomic E-state index is 5.47. The molecule has 2 nitrogen and oxygen atoms in total. The van der Waals surface area contributed by atoms with Crippen molar-refractivity contribution in [2.75, 3.05) is 6.79 Å². The van der Waals surface area contributed by atoms with Gasteiger partial charge in [-0.2, -0.15) is 0 Å². The Morgan fingerprint density at radius 2 is 1.27 bits per heavy atom. The van der Waals surface area contributed by atoms with Crippen LogP contribution in [0.1, 0.15) is 0 Å². The van der Waals surface area contributed by atoms with Gasteiger partial charge in [-0.05, 0) is 0 Å². The second-order valence-electron chi connectivity index (χ2n) is 3.30. The summed E-state index contributed by atoms with van der Waals surface area (Å²) in [5, 5.41) is 0. The van der Waals surface area contributed by atoms with Crippen LogP contribution in [0.2, 0.25) is 0 Å². The predicted octanol–water partition coefficient (Wildman–Crippen LogP) is 1.10. The van der Waals surface area contributed by atoms with Crippen LogP contribution in [0, 0.1) is 11.8 Å². The van der Waals surface area contributed by atoms with Gasteiger partial charge < -0.3 is 9.47 Å². The van der Waals surface area contributed by atoms with Crippen molar-refractivity contribution in [1.29, 1.82) is 0 Å². The molecule has 0 spiro atoms. The van der Waals surface area contributed by atoms with Crippen LogP contribution in [0.15, 0.2) is 24.3 Å². The molecule has 1 aliphatic heterocycles. The van der Waals surface area contributed by atoms with Crippen LogP contribution < -0.4 is 0 Å². The lowest BCUT2D eigenvalue weighted by Gasteiger charge is -2.34. The monoisotopic (exact) mass is 150 g/mol. The van der Waals surface area contributed by atoms with Crippen molar-refractivity contribution in [2.24, 2.45) is 11.8 Å². The lowest BCUT2D eigenvalue weighted by atomic mass is 9.78. The Bertz CT molecular complexity index is 196. The van der Waals surface area contributed by atoms with Gasteiger partial charge in [0.25, 0.3) is 0 Å². The van der Waals surface area contributed by atoms with Crippen molar-refractivity contribution in [3.8, 4) is 0 Å². The van der Waals surface area contributed by atoms with Crippen LogP contribution in [-0.4, -0.2) is 19.0 Å². The summed E-state index contributed by atoms with van der Waals surface area (Å²) in [4.78, 5) is 0. The SMILES string of the molecule is C1=CC2C=CC1[C@H]1OCO[C@@H]21. The van der Waals surface area contributed by atoms with E-state index in [0.717, 1.165) is 0 Å². The Kier molecular flexibility index (Phi) is 1.06. The summed E-state index contributed by atoms with van der Waals surface area (Å²) in [6.45, 7) is 0.478. The van der Waals surface area contributed by atoms with E-state index < -0.39 is 0 Å². The minimum absolute atomic E-state index is 0.301. The summed E-state index contributed by atoms with van der Waals surface area (Å²) in [6.07, 6.45) is 9.49. The first kappa shape index (κ1) is 5.98. The zero-order chi connectivity index (χ0) is 7.26. The lowest BCUT2D eigenvalue weighted by molar-refractivity contribution is 0.0352. The fraction of sp³-hybridized carbons (Fsp3) is 0.556. The van der Waals surface area contributed by atoms with E-state index in [9.17, 15) is 0 Å². The maximum Gasteiger partial charge on any atom is 0.147 e. The molecule has 0 radical (unpaired) electrons. The molecule has 58 valence electrons. The summed E-state index contributed by atoms with van der Waals surface area (Å²) < 4.78 is 10.9. The van der Waals surface area contributed by atoms with E-state index in [2.05, 4.69) is 24.3 Å². The number of hydrogen-bond acceptors (Lipinski definition) is 2. The molecule has 0 aromatic carbocycles. The molecule has 3 aliphatic carbocycles. The van der Waals surface area contributed by atoms with Gasteiger partial charge in [-0.3, -0.25) is 0 Å². The van der Waals surface area contributed by atoms with E-state index in [-0.39, 0.29) is 0 Å². The third kappa shape index (κ3) is 0.686. The van der Waals surface area contributed by atoms with Crippen LogP contribution >= 0.6 is 0 Å². The van der Waals surface area contributed by atoms with Crippen molar-refractivity contribution in [3.63, 3.8) is 0 Å². The number of rotatable bonds is 0. The average Bonchev–Trinajstić information content (AvgIpc) is 2.55. The fourth-order valence-electron chi connectivity index (χ4n) is 2.13. The van der Waals surface area contributed by atoms with Crippen LogP contribution in [0.25, 0.3) is 0 Å². The second-order valence-corrected chi connectivity index (χ2v) is 3.30. The molecule has 0 saturated carbocycles. The molecule has 2 bridgehead atoms. The third-order valence-corrected chi connectivity index (χ3v) is 2.71. The second kappa shape index (κ2) is 1.96. The minimum atomic E-state index is 0.301. The Morgan fingerprint density at radius 3 is 1.73 bits per heavy atom. The van der Waals surface area contributed by atoms with Crippen molar-refractivity contribution >= 4 is 0 Å². The summed E-state index contributed by atoms with van der Waals surface area (Å²) >= 11 is 0. The van der Waals surface area contributed by atoms with E-state index in [1.54, 1.807) is 0 Å². The molecule has 1 fully saturated rings. The van der Waals surface area contributed by atoms with Crippen molar-refractivity contribution in [3.05, 3.63) is 24.3 Å². The Labute approximate surface area is 65.5 Å². The quantitative estimate of drug-likeness (QED) is 0.481. The Morgan fingerprint density at radius 1 is 0.818 bits per heavy atom. The smallest absolute Gasteiger partial charge is 0.147 e. The van der Waals surface area contributed by atoms with E-state index in [1.165, 1.54) is 0 Å². The van der Waals surface area contributed by atoms with Crippen LogP contribution in [-0.2, 0) is 9.47 Å². The van der Waals surface area contributed by atoms with Crippen LogP contribution in [0.5, 0.6) is 0 Å². The van der Waals surface area contributed by atoms with Crippen molar-refractivity contribution < 1.29 is 9.47 Å². The molecule has 0 aromatic heterocycles. The molecule has 4 rings (SSSR count). The molecule has 0 aromatic rings. The van der Waals surface area contributed by atoms with E-state index >= 15 is 0 Å².